The summed E-state index contributed by atoms with van der Waals surface area (Å²) in [5.74, 6) is 0.379. The number of aromatic nitrogens is 2. The standard InChI is InChI=1S/C26H26N4O/c31-19-24(21-7-2-1-3-8-21)26(25-28-12-13-29-25,30-16-14-27-15-17-30)23-11-10-20-6-4-5-9-22(20)18-23/h1-13,18-19,24,27H,14-17H2,(H,28,29). The van der Waals surface area contributed by atoms with Crippen molar-refractivity contribution in [2.24, 2.45) is 0 Å². The number of rotatable bonds is 6. The molecule has 31 heavy (non-hydrogen) atoms. The van der Waals surface area contributed by atoms with E-state index in [-0.39, 0.29) is 0 Å². The van der Waals surface area contributed by atoms with Crippen molar-refractivity contribution < 1.29 is 4.79 Å². The van der Waals surface area contributed by atoms with Gasteiger partial charge in [-0.25, -0.2) is 4.98 Å². The zero-order valence-corrected chi connectivity index (χ0v) is 17.4. The van der Waals surface area contributed by atoms with Crippen molar-refractivity contribution in [2.75, 3.05) is 26.2 Å². The van der Waals surface area contributed by atoms with Crippen LogP contribution in [0.3, 0.4) is 0 Å². The second-order valence-corrected chi connectivity index (χ2v) is 8.03. The van der Waals surface area contributed by atoms with Crippen LogP contribution in [0.15, 0.2) is 85.2 Å². The zero-order chi connectivity index (χ0) is 21.1. The Morgan fingerprint density at radius 1 is 0.935 bits per heavy atom. The molecule has 0 saturated carbocycles. The Labute approximate surface area is 182 Å². The summed E-state index contributed by atoms with van der Waals surface area (Å²) in [6.07, 6.45) is 4.72. The van der Waals surface area contributed by atoms with Gasteiger partial charge in [-0.3, -0.25) is 4.90 Å². The SMILES string of the molecule is O=CC(c1ccccc1)C(c1ccc2ccccc2c1)(c1ncc[nH]1)N1CCNCC1. The first-order valence-corrected chi connectivity index (χ1v) is 10.8. The molecular formula is C26H26N4O. The third-order valence-corrected chi connectivity index (χ3v) is 6.41. The Kier molecular flexibility index (Phi) is 5.37. The number of nitrogens with zero attached hydrogens (tertiary/aromatic N) is 2. The number of imidazole rings is 1. The quantitative estimate of drug-likeness (QED) is 0.476. The fourth-order valence-electron chi connectivity index (χ4n) is 4.99. The Bertz CT molecular complexity index is 1150. The van der Waals surface area contributed by atoms with Crippen molar-refractivity contribution in [2.45, 2.75) is 11.5 Å². The van der Waals surface area contributed by atoms with E-state index in [1.807, 2.05) is 36.5 Å². The average Bonchev–Trinajstić information content (AvgIpc) is 3.38. The average molecular weight is 411 g/mol. The van der Waals surface area contributed by atoms with E-state index in [2.05, 4.69) is 57.7 Å². The van der Waals surface area contributed by atoms with Crippen LogP contribution in [0.5, 0.6) is 0 Å². The Morgan fingerprint density at radius 3 is 2.39 bits per heavy atom. The number of hydrogen-bond acceptors (Lipinski definition) is 4. The van der Waals surface area contributed by atoms with Crippen LogP contribution in [0.25, 0.3) is 10.8 Å². The van der Waals surface area contributed by atoms with Gasteiger partial charge in [0.2, 0.25) is 0 Å². The molecule has 0 amide bonds. The van der Waals surface area contributed by atoms with E-state index in [0.29, 0.717) is 0 Å². The molecule has 4 aromatic rings. The maximum absolute atomic E-state index is 12.8. The van der Waals surface area contributed by atoms with E-state index in [4.69, 9.17) is 4.98 Å². The molecule has 1 aromatic heterocycles. The van der Waals surface area contributed by atoms with Gasteiger partial charge in [0.05, 0.1) is 5.92 Å². The van der Waals surface area contributed by atoms with Crippen LogP contribution in [0.1, 0.15) is 22.9 Å². The number of carbonyl (C=O) groups excluding carboxylic acids is 1. The lowest BCUT2D eigenvalue weighted by molar-refractivity contribution is -0.112. The number of aldehydes is 1. The van der Waals surface area contributed by atoms with Gasteiger partial charge in [-0.15, -0.1) is 0 Å². The number of piperazine rings is 1. The zero-order valence-electron chi connectivity index (χ0n) is 17.4. The summed E-state index contributed by atoms with van der Waals surface area (Å²) in [4.78, 5) is 23.4. The minimum absolute atomic E-state index is 0.417. The summed E-state index contributed by atoms with van der Waals surface area (Å²) in [6.45, 7) is 3.39. The molecule has 1 aliphatic rings. The predicted octanol–water partition coefficient (Wildman–Crippen LogP) is 3.69. The first-order valence-electron chi connectivity index (χ1n) is 10.8. The molecular weight excluding hydrogens is 384 g/mol. The lowest BCUT2D eigenvalue weighted by Gasteiger charge is -2.48. The van der Waals surface area contributed by atoms with Gasteiger partial charge in [0.25, 0.3) is 0 Å². The largest absolute Gasteiger partial charge is 0.347 e. The van der Waals surface area contributed by atoms with Crippen molar-refractivity contribution in [3.8, 4) is 0 Å². The smallest absolute Gasteiger partial charge is 0.132 e. The molecule has 5 nitrogen and oxygen atoms in total. The van der Waals surface area contributed by atoms with Crippen molar-refractivity contribution in [1.29, 1.82) is 0 Å². The van der Waals surface area contributed by atoms with Crippen LogP contribution in [-0.2, 0) is 10.3 Å². The highest BCUT2D eigenvalue weighted by molar-refractivity contribution is 5.84. The van der Waals surface area contributed by atoms with E-state index in [0.717, 1.165) is 54.8 Å². The fraction of sp³-hybridized carbons (Fsp3) is 0.231. The number of fused-ring (bicyclic) bond motifs is 1. The van der Waals surface area contributed by atoms with Gasteiger partial charge in [-0.2, -0.15) is 0 Å². The van der Waals surface area contributed by atoms with Crippen LogP contribution >= 0.6 is 0 Å². The third kappa shape index (κ3) is 3.36. The van der Waals surface area contributed by atoms with Gasteiger partial charge < -0.3 is 15.1 Å². The first-order chi connectivity index (χ1) is 15.3. The molecule has 156 valence electrons. The monoisotopic (exact) mass is 410 g/mol. The molecule has 1 fully saturated rings. The van der Waals surface area contributed by atoms with Gasteiger partial charge in [-0.05, 0) is 28.0 Å². The summed E-state index contributed by atoms with van der Waals surface area (Å²) >= 11 is 0. The number of benzene rings is 3. The molecule has 0 spiro atoms. The molecule has 2 heterocycles. The van der Waals surface area contributed by atoms with Gasteiger partial charge in [0, 0.05) is 38.6 Å². The van der Waals surface area contributed by atoms with Crippen molar-refractivity contribution >= 4 is 17.1 Å². The van der Waals surface area contributed by atoms with Gasteiger partial charge in [0.1, 0.15) is 17.6 Å². The van der Waals surface area contributed by atoms with E-state index in [9.17, 15) is 4.79 Å². The molecule has 3 aromatic carbocycles. The van der Waals surface area contributed by atoms with Gasteiger partial charge >= 0.3 is 0 Å². The van der Waals surface area contributed by atoms with Crippen LogP contribution in [0, 0.1) is 0 Å². The predicted molar refractivity (Wildman–Crippen MR) is 123 cm³/mol. The molecule has 1 saturated heterocycles. The van der Waals surface area contributed by atoms with Crippen LogP contribution in [0.4, 0.5) is 0 Å². The molecule has 2 unspecified atom stereocenters. The van der Waals surface area contributed by atoms with E-state index in [1.54, 1.807) is 6.20 Å². The number of H-pyrrole nitrogens is 1. The minimum Gasteiger partial charge on any atom is -0.347 e. The van der Waals surface area contributed by atoms with E-state index < -0.39 is 11.5 Å². The summed E-state index contributed by atoms with van der Waals surface area (Å²) < 4.78 is 0. The third-order valence-electron chi connectivity index (χ3n) is 6.41. The molecule has 5 heteroatoms. The number of carbonyl (C=O) groups is 1. The molecule has 2 N–H and O–H groups in total. The summed E-state index contributed by atoms with van der Waals surface area (Å²) in [5, 5.41) is 5.79. The molecule has 1 aliphatic heterocycles. The molecule has 5 rings (SSSR count). The second kappa shape index (κ2) is 8.46. The summed E-state index contributed by atoms with van der Waals surface area (Å²) in [6, 6.07) is 24.9. The summed E-state index contributed by atoms with van der Waals surface area (Å²) in [5.41, 5.74) is 1.32. The highest BCUT2D eigenvalue weighted by Crippen LogP contribution is 2.46. The topological polar surface area (TPSA) is 61.0 Å². The summed E-state index contributed by atoms with van der Waals surface area (Å²) in [7, 11) is 0. The Hall–Kier alpha value is -3.28. The molecule has 0 bridgehead atoms. The lowest BCUT2D eigenvalue weighted by atomic mass is 9.72. The number of nitrogens with one attached hydrogen (secondary N) is 2. The number of hydrogen-bond donors (Lipinski definition) is 2. The normalized spacial score (nSPS) is 17.8. The van der Waals surface area contributed by atoms with Crippen molar-refractivity contribution in [3.63, 3.8) is 0 Å². The highest BCUT2D eigenvalue weighted by atomic mass is 16.1. The second-order valence-electron chi connectivity index (χ2n) is 8.03. The van der Waals surface area contributed by atoms with Gasteiger partial charge in [-0.1, -0.05) is 66.7 Å². The minimum atomic E-state index is -0.737. The van der Waals surface area contributed by atoms with Gasteiger partial charge in [0.15, 0.2) is 0 Å². The molecule has 0 aliphatic carbocycles. The maximum Gasteiger partial charge on any atom is 0.132 e. The Balaban J connectivity index is 1.81. The van der Waals surface area contributed by atoms with Crippen molar-refractivity contribution in [3.05, 3.63) is 102 Å². The lowest BCUT2D eigenvalue weighted by Crippen LogP contribution is -2.58. The molecule has 2 atom stereocenters. The van der Waals surface area contributed by atoms with E-state index in [1.165, 1.54) is 5.39 Å². The van der Waals surface area contributed by atoms with Crippen LogP contribution < -0.4 is 5.32 Å². The van der Waals surface area contributed by atoms with Crippen LogP contribution in [-0.4, -0.2) is 47.3 Å². The van der Waals surface area contributed by atoms with E-state index >= 15 is 0 Å². The van der Waals surface area contributed by atoms with Crippen LogP contribution in [0.2, 0.25) is 0 Å². The van der Waals surface area contributed by atoms with Crippen molar-refractivity contribution in [1.82, 2.24) is 20.2 Å². The first kappa shape index (κ1) is 19.7. The maximum atomic E-state index is 12.8. The fourth-order valence-corrected chi connectivity index (χ4v) is 4.99. The number of aromatic amines is 1. The highest BCUT2D eigenvalue weighted by Gasteiger charge is 2.50. The molecule has 0 radical (unpaired) electrons. The Morgan fingerprint density at radius 2 is 1.68 bits per heavy atom.